The van der Waals surface area contributed by atoms with E-state index in [1.807, 2.05) is 0 Å². The third-order valence-electron chi connectivity index (χ3n) is 4.08. The van der Waals surface area contributed by atoms with Crippen molar-refractivity contribution in [1.82, 2.24) is 5.32 Å². The van der Waals surface area contributed by atoms with Gasteiger partial charge in [0.15, 0.2) is 10.9 Å². The van der Waals surface area contributed by atoms with E-state index in [-0.39, 0.29) is 16.8 Å². The summed E-state index contributed by atoms with van der Waals surface area (Å²) in [6.45, 7) is 1.75. The third kappa shape index (κ3) is 5.98. The molecule has 10 heteroatoms. The van der Waals surface area contributed by atoms with Gasteiger partial charge in [-0.3, -0.25) is 14.9 Å². The van der Waals surface area contributed by atoms with Crippen molar-refractivity contribution in [3.8, 4) is 11.3 Å². The number of furan rings is 1. The molecule has 6 nitrogen and oxygen atoms in total. The van der Waals surface area contributed by atoms with Crippen LogP contribution in [0.5, 0.6) is 0 Å². The molecule has 31 heavy (non-hydrogen) atoms. The molecule has 1 aromatic heterocycles. The quantitative estimate of drug-likeness (QED) is 0.357. The molecule has 2 aromatic carbocycles. The number of benzene rings is 2. The van der Waals surface area contributed by atoms with E-state index in [4.69, 9.17) is 51.4 Å². The maximum absolute atomic E-state index is 12.5. The van der Waals surface area contributed by atoms with Crippen molar-refractivity contribution in [2.24, 2.45) is 0 Å². The van der Waals surface area contributed by atoms with Crippen LogP contribution in [-0.4, -0.2) is 16.9 Å². The topological polar surface area (TPSA) is 83.4 Å². The molecule has 0 fully saturated rings. The monoisotopic (exact) mass is 495 g/mol. The van der Waals surface area contributed by atoms with Gasteiger partial charge in [0.2, 0.25) is 5.91 Å². The van der Waals surface area contributed by atoms with Gasteiger partial charge >= 0.3 is 0 Å². The number of anilines is 2. The Morgan fingerprint density at radius 1 is 0.935 bits per heavy atom. The molecular weight excluding hydrogens is 481 g/mol. The summed E-state index contributed by atoms with van der Waals surface area (Å²) >= 11 is 23.3. The van der Waals surface area contributed by atoms with Gasteiger partial charge in [-0.05, 0) is 60.7 Å². The minimum atomic E-state index is -0.546. The zero-order valence-corrected chi connectivity index (χ0v) is 19.2. The van der Waals surface area contributed by atoms with Crippen molar-refractivity contribution in [2.45, 2.75) is 13.3 Å². The molecule has 0 aliphatic carbocycles. The SMILES string of the molecule is CCC(=O)Nc1ccc(Cl)c(NC(=S)NC(=O)c2ccc(-c3ccc(Cl)c(Cl)c3)o2)c1. The lowest BCUT2D eigenvalue weighted by Crippen LogP contribution is -2.34. The number of halogens is 3. The zero-order chi connectivity index (χ0) is 22.5. The number of thiocarbonyl (C=S) groups is 1. The highest BCUT2D eigenvalue weighted by Gasteiger charge is 2.15. The molecule has 0 unspecified atom stereocenters. The van der Waals surface area contributed by atoms with E-state index >= 15 is 0 Å². The Morgan fingerprint density at radius 3 is 2.39 bits per heavy atom. The molecule has 0 radical (unpaired) electrons. The van der Waals surface area contributed by atoms with Gasteiger partial charge in [-0.1, -0.05) is 41.7 Å². The minimum absolute atomic E-state index is 0.0124. The molecule has 3 rings (SSSR count). The highest BCUT2D eigenvalue weighted by Crippen LogP contribution is 2.30. The van der Waals surface area contributed by atoms with Gasteiger partial charge in [-0.2, -0.15) is 0 Å². The van der Waals surface area contributed by atoms with Crippen molar-refractivity contribution in [3.05, 3.63) is 69.4 Å². The smallest absolute Gasteiger partial charge is 0.293 e. The second kappa shape index (κ2) is 10.2. The summed E-state index contributed by atoms with van der Waals surface area (Å²) in [6.07, 6.45) is 0.340. The maximum Gasteiger partial charge on any atom is 0.293 e. The largest absolute Gasteiger partial charge is 0.451 e. The standard InChI is InChI=1S/C21H16Cl3N3O3S/c1-2-19(28)25-12-4-6-14(23)16(10-12)26-21(31)27-20(29)18-8-7-17(30-18)11-3-5-13(22)15(24)9-11/h3-10H,2H2,1H3,(H,25,28)(H2,26,27,29,31). The highest BCUT2D eigenvalue weighted by molar-refractivity contribution is 7.80. The predicted octanol–water partition coefficient (Wildman–Crippen LogP) is 6.38. The molecule has 3 N–H and O–H groups in total. The van der Waals surface area contributed by atoms with Crippen LogP contribution in [0.25, 0.3) is 11.3 Å². The molecule has 1 heterocycles. The normalized spacial score (nSPS) is 10.5. The number of hydrogen-bond acceptors (Lipinski definition) is 4. The number of nitrogens with one attached hydrogen (secondary N) is 3. The van der Waals surface area contributed by atoms with Gasteiger partial charge in [0, 0.05) is 17.7 Å². The number of carbonyl (C=O) groups is 2. The van der Waals surface area contributed by atoms with Crippen LogP contribution in [0.4, 0.5) is 11.4 Å². The average molecular weight is 497 g/mol. The first-order chi connectivity index (χ1) is 14.8. The molecule has 2 amide bonds. The Morgan fingerprint density at radius 2 is 1.68 bits per heavy atom. The lowest BCUT2D eigenvalue weighted by molar-refractivity contribution is -0.115. The summed E-state index contributed by atoms with van der Waals surface area (Å²) in [6, 6.07) is 13.1. The molecule has 0 aliphatic heterocycles. The Bertz CT molecular complexity index is 1160. The number of hydrogen-bond donors (Lipinski definition) is 3. The lowest BCUT2D eigenvalue weighted by Gasteiger charge is -2.12. The fraction of sp³-hybridized carbons (Fsp3) is 0.0952. The van der Waals surface area contributed by atoms with E-state index in [1.54, 1.807) is 49.4 Å². The molecule has 0 spiro atoms. The predicted molar refractivity (Wildman–Crippen MR) is 128 cm³/mol. The van der Waals surface area contributed by atoms with Crippen molar-refractivity contribution in [2.75, 3.05) is 10.6 Å². The minimum Gasteiger partial charge on any atom is -0.451 e. The van der Waals surface area contributed by atoms with Crippen LogP contribution >= 0.6 is 47.0 Å². The highest BCUT2D eigenvalue weighted by atomic mass is 35.5. The van der Waals surface area contributed by atoms with Crippen LogP contribution < -0.4 is 16.0 Å². The second-order valence-electron chi connectivity index (χ2n) is 6.30. The number of amides is 2. The van der Waals surface area contributed by atoms with Crippen molar-refractivity contribution >= 4 is 75.3 Å². The third-order valence-corrected chi connectivity index (χ3v) is 5.35. The summed E-state index contributed by atoms with van der Waals surface area (Å²) in [5, 5.41) is 9.26. The van der Waals surface area contributed by atoms with Crippen LogP contribution in [0, 0.1) is 0 Å². The molecule has 0 atom stereocenters. The maximum atomic E-state index is 12.5. The van der Waals surface area contributed by atoms with E-state index in [1.165, 1.54) is 6.07 Å². The Balaban J connectivity index is 1.67. The number of carbonyl (C=O) groups excluding carboxylic acids is 2. The van der Waals surface area contributed by atoms with E-state index in [9.17, 15) is 9.59 Å². The van der Waals surface area contributed by atoms with Gasteiger partial charge in [-0.15, -0.1) is 0 Å². The van der Waals surface area contributed by atoms with E-state index in [2.05, 4.69) is 16.0 Å². The average Bonchev–Trinajstić information content (AvgIpc) is 3.23. The van der Waals surface area contributed by atoms with Gasteiger partial charge in [0.25, 0.3) is 5.91 Å². The molecular formula is C21H16Cl3N3O3S. The Labute approximate surface area is 198 Å². The summed E-state index contributed by atoms with van der Waals surface area (Å²) in [7, 11) is 0. The summed E-state index contributed by atoms with van der Waals surface area (Å²) in [5.41, 5.74) is 1.65. The molecule has 0 saturated carbocycles. The van der Waals surface area contributed by atoms with Gasteiger partial charge in [-0.25, -0.2) is 0 Å². The summed E-state index contributed by atoms with van der Waals surface area (Å²) in [5.74, 6) is -0.180. The van der Waals surface area contributed by atoms with E-state index in [0.717, 1.165) is 0 Å². The van der Waals surface area contributed by atoms with Crippen LogP contribution in [-0.2, 0) is 4.79 Å². The van der Waals surface area contributed by atoms with Crippen LogP contribution in [0.3, 0.4) is 0 Å². The first kappa shape index (κ1) is 23.1. The van der Waals surface area contributed by atoms with Crippen molar-refractivity contribution in [1.29, 1.82) is 0 Å². The first-order valence-corrected chi connectivity index (χ1v) is 10.6. The molecule has 0 aliphatic rings. The van der Waals surface area contributed by atoms with E-state index in [0.29, 0.717) is 44.2 Å². The van der Waals surface area contributed by atoms with Gasteiger partial charge in [0.1, 0.15) is 5.76 Å². The zero-order valence-electron chi connectivity index (χ0n) is 16.1. The molecule has 0 bridgehead atoms. The lowest BCUT2D eigenvalue weighted by atomic mass is 10.2. The Hall–Kier alpha value is -2.58. The van der Waals surface area contributed by atoms with Gasteiger partial charge < -0.3 is 15.1 Å². The van der Waals surface area contributed by atoms with Crippen molar-refractivity contribution < 1.29 is 14.0 Å². The summed E-state index contributed by atoms with van der Waals surface area (Å²) < 4.78 is 5.60. The van der Waals surface area contributed by atoms with Crippen LogP contribution in [0.15, 0.2) is 52.9 Å². The number of rotatable bonds is 5. The second-order valence-corrected chi connectivity index (χ2v) is 7.93. The van der Waals surface area contributed by atoms with Crippen LogP contribution in [0.1, 0.15) is 23.9 Å². The fourth-order valence-corrected chi connectivity index (χ4v) is 3.20. The molecule has 3 aromatic rings. The fourth-order valence-electron chi connectivity index (χ4n) is 2.53. The molecule has 0 saturated heterocycles. The van der Waals surface area contributed by atoms with Crippen LogP contribution in [0.2, 0.25) is 15.1 Å². The van der Waals surface area contributed by atoms with E-state index < -0.39 is 5.91 Å². The summed E-state index contributed by atoms with van der Waals surface area (Å²) in [4.78, 5) is 24.0. The first-order valence-electron chi connectivity index (χ1n) is 9.03. The molecule has 160 valence electrons. The van der Waals surface area contributed by atoms with Gasteiger partial charge in [0.05, 0.1) is 20.8 Å². The Kier molecular flexibility index (Phi) is 7.56. The van der Waals surface area contributed by atoms with Crippen molar-refractivity contribution in [3.63, 3.8) is 0 Å².